The molecular formula is C22H20ClN3O4S. The van der Waals surface area contributed by atoms with Gasteiger partial charge in [-0.15, -0.1) is 11.3 Å². The fourth-order valence-electron chi connectivity index (χ4n) is 3.62. The quantitative estimate of drug-likeness (QED) is 0.366. The van der Waals surface area contributed by atoms with Crippen molar-refractivity contribution >= 4 is 45.5 Å². The van der Waals surface area contributed by atoms with Crippen molar-refractivity contribution in [2.75, 3.05) is 5.32 Å². The molecule has 1 atom stereocenters. The minimum Gasteiger partial charge on any atom is -0.459 e. The Hall–Kier alpha value is -3.10. The molecular weight excluding hydrogens is 438 g/mol. The molecule has 0 saturated carbocycles. The van der Waals surface area contributed by atoms with Gasteiger partial charge in [0.05, 0.1) is 11.8 Å². The highest BCUT2D eigenvalue weighted by atomic mass is 35.5. The minimum atomic E-state index is -1.14. The van der Waals surface area contributed by atoms with E-state index in [9.17, 15) is 14.4 Å². The summed E-state index contributed by atoms with van der Waals surface area (Å²) in [6.07, 6.45) is 3.87. The molecule has 160 valence electrons. The van der Waals surface area contributed by atoms with Crippen molar-refractivity contribution in [2.45, 2.75) is 31.8 Å². The van der Waals surface area contributed by atoms with E-state index in [0.717, 1.165) is 36.1 Å². The van der Waals surface area contributed by atoms with Crippen molar-refractivity contribution in [3.63, 3.8) is 0 Å². The van der Waals surface area contributed by atoms with Gasteiger partial charge in [-0.05, 0) is 67.6 Å². The van der Waals surface area contributed by atoms with Gasteiger partial charge in [0, 0.05) is 15.5 Å². The number of Topliss-reactive ketones (excluding diaryl/α,β-unsaturated/α-hetero) is 1. The summed E-state index contributed by atoms with van der Waals surface area (Å²) >= 11 is 7.33. The van der Waals surface area contributed by atoms with E-state index in [1.807, 2.05) is 0 Å². The number of carbonyl (C=O) groups excluding carboxylic acids is 3. The number of anilines is 1. The number of benzene rings is 1. The van der Waals surface area contributed by atoms with E-state index in [1.54, 1.807) is 30.3 Å². The maximum atomic E-state index is 13.2. The monoisotopic (exact) mass is 457 g/mol. The highest BCUT2D eigenvalue weighted by Crippen LogP contribution is 2.38. The van der Waals surface area contributed by atoms with E-state index in [4.69, 9.17) is 21.8 Å². The number of carbonyl (C=O) groups is 3. The van der Waals surface area contributed by atoms with Crippen LogP contribution in [0.25, 0.3) is 0 Å². The van der Waals surface area contributed by atoms with E-state index in [1.165, 1.54) is 23.7 Å². The molecule has 0 unspecified atom stereocenters. The molecule has 1 aromatic carbocycles. The standard InChI is InChI=1S/C22H20ClN3O4S/c23-13-9-7-12(8-10-13)18(27)20(25-21(29)15-5-3-11-30-15)26-22-17(19(24)28)14-4-1-2-6-16(14)31-22/h3,5,7-11,20,26H,1-2,4,6H2,(H2,24,28)(H,25,29)/t20-/m0/s1. The van der Waals surface area contributed by atoms with Gasteiger partial charge in [0.25, 0.3) is 11.8 Å². The maximum Gasteiger partial charge on any atom is 0.288 e. The Morgan fingerprint density at radius 2 is 1.84 bits per heavy atom. The summed E-state index contributed by atoms with van der Waals surface area (Å²) in [5.41, 5.74) is 7.34. The lowest BCUT2D eigenvalue weighted by Gasteiger charge is -2.20. The van der Waals surface area contributed by atoms with Crippen LogP contribution in [0.4, 0.5) is 5.00 Å². The summed E-state index contributed by atoms with van der Waals surface area (Å²) in [7, 11) is 0. The molecule has 0 saturated heterocycles. The van der Waals surface area contributed by atoms with Gasteiger partial charge >= 0.3 is 0 Å². The topological polar surface area (TPSA) is 114 Å². The van der Waals surface area contributed by atoms with Crippen LogP contribution in [0.3, 0.4) is 0 Å². The number of thiophene rings is 1. The first-order valence-corrected chi connectivity index (χ1v) is 11.0. The zero-order valence-corrected chi connectivity index (χ0v) is 18.0. The molecule has 1 aliphatic carbocycles. The number of rotatable bonds is 7. The second-order valence-electron chi connectivity index (χ2n) is 7.18. The van der Waals surface area contributed by atoms with Crippen molar-refractivity contribution in [3.8, 4) is 0 Å². The molecule has 0 bridgehead atoms. The lowest BCUT2D eigenvalue weighted by atomic mass is 9.95. The number of halogens is 1. The molecule has 0 radical (unpaired) electrons. The van der Waals surface area contributed by atoms with Crippen molar-refractivity contribution in [2.24, 2.45) is 5.73 Å². The van der Waals surface area contributed by atoms with Gasteiger partial charge in [0.1, 0.15) is 5.00 Å². The number of hydrogen-bond donors (Lipinski definition) is 3. The molecule has 1 aliphatic rings. The van der Waals surface area contributed by atoms with E-state index in [2.05, 4.69) is 10.6 Å². The minimum absolute atomic E-state index is 0.0660. The first kappa shape index (κ1) is 21.1. The Balaban J connectivity index is 1.68. The van der Waals surface area contributed by atoms with Crippen LogP contribution in [0.5, 0.6) is 0 Å². The molecule has 7 nitrogen and oxygen atoms in total. The Bertz CT molecular complexity index is 1120. The molecule has 3 aromatic rings. The SMILES string of the molecule is NC(=O)c1c(N[C@H](NC(=O)c2ccco2)C(=O)c2ccc(Cl)cc2)sc2c1CCCC2. The third-order valence-corrected chi connectivity index (χ3v) is 6.58. The van der Waals surface area contributed by atoms with Crippen LogP contribution in [0.15, 0.2) is 47.1 Å². The zero-order valence-electron chi connectivity index (χ0n) is 16.4. The fourth-order valence-corrected chi connectivity index (χ4v) is 5.07. The highest BCUT2D eigenvalue weighted by Gasteiger charge is 2.29. The van der Waals surface area contributed by atoms with Gasteiger partial charge in [-0.2, -0.15) is 0 Å². The molecule has 0 aliphatic heterocycles. The first-order valence-electron chi connectivity index (χ1n) is 9.79. The molecule has 4 N–H and O–H groups in total. The van der Waals surface area contributed by atoms with Crippen LogP contribution in [-0.2, 0) is 12.8 Å². The van der Waals surface area contributed by atoms with E-state index in [0.29, 0.717) is 21.2 Å². The zero-order chi connectivity index (χ0) is 22.0. The van der Waals surface area contributed by atoms with Crippen LogP contribution in [0.1, 0.15) is 54.6 Å². The van der Waals surface area contributed by atoms with Gasteiger partial charge in [-0.3, -0.25) is 14.4 Å². The Morgan fingerprint density at radius 1 is 1.10 bits per heavy atom. The lowest BCUT2D eigenvalue weighted by Crippen LogP contribution is -2.46. The Labute approximate surface area is 187 Å². The number of aryl methyl sites for hydroxylation is 1. The summed E-state index contributed by atoms with van der Waals surface area (Å²) in [6.45, 7) is 0. The lowest BCUT2D eigenvalue weighted by molar-refractivity contribution is 0.0853. The summed E-state index contributed by atoms with van der Waals surface area (Å²) < 4.78 is 5.14. The van der Waals surface area contributed by atoms with Crippen molar-refractivity contribution in [1.82, 2.24) is 5.32 Å². The number of nitrogens with one attached hydrogen (secondary N) is 2. The smallest absolute Gasteiger partial charge is 0.288 e. The second-order valence-corrected chi connectivity index (χ2v) is 8.72. The van der Waals surface area contributed by atoms with Gasteiger partial charge in [0.15, 0.2) is 11.9 Å². The van der Waals surface area contributed by atoms with Gasteiger partial charge < -0.3 is 20.8 Å². The predicted octanol–water partition coefficient (Wildman–Crippen LogP) is 4.02. The Kier molecular flexibility index (Phi) is 6.11. The summed E-state index contributed by atoms with van der Waals surface area (Å²) in [4.78, 5) is 39.1. The van der Waals surface area contributed by atoms with Crippen LogP contribution in [0, 0.1) is 0 Å². The molecule has 9 heteroatoms. The van der Waals surface area contributed by atoms with E-state index in [-0.39, 0.29) is 5.76 Å². The van der Waals surface area contributed by atoms with Gasteiger partial charge in [-0.1, -0.05) is 11.6 Å². The first-order chi connectivity index (χ1) is 14.9. The highest BCUT2D eigenvalue weighted by molar-refractivity contribution is 7.16. The third kappa shape index (κ3) is 4.50. The molecule has 2 heterocycles. The molecule has 0 spiro atoms. The van der Waals surface area contributed by atoms with Crippen molar-refractivity contribution < 1.29 is 18.8 Å². The molecule has 4 rings (SSSR count). The predicted molar refractivity (Wildman–Crippen MR) is 119 cm³/mol. The number of ketones is 1. The van der Waals surface area contributed by atoms with Gasteiger partial charge in [0.2, 0.25) is 5.78 Å². The fraction of sp³-hybridized carbons (Fsp3) is 0.227. The number of nitrogens with two attached hydrogens (primary N) is 1. The van der Waals surface area contributed by atoms with Crippen LogP contribution in [-0.4, -0.2) is 23.8 Å². The second kappa shape index (κ2) is 8.95. The summed E-state index contributed by atoms with van der Waals surface area (Å²) in [6, 6.07) is 9.42. The maximum absolute atomic E-state index is 13.2. The van der Waals surface area contributed by atoms with E-state index < -0.39 is 23.8 Å². The average molecular weight is 458 g/mol. The molecule has 2 aromatic heterocycles. The Morgan fingerprint density at radius 3 is 2.52 bits per heavy atom. The third-order valence-electron chi connectivity index (χ3n) is 5.10. The van der Waals surface area contributed by atoms with E-state index >= 15 is 0 Å². The summed E-state index contributed by atoms with van der Waals surface area (Å²) in [5, 5.41) is 6.68. The van der Waals surface area contributed by atoms with Crippen LogP contribution in [0.2, 0.25) is 5.02 Å². The normalized spacial score (nSPS) is 13.8. The average Bonchev–Trinajstić information content (AvgIpc) is 3.41. The largest absolute Gasteiger partial charge is 0.459 e. The van der Waals surface area contributed by atoms with Crippen LogP contribution < -0.4 is 16.4 Å². The number of primary amides is 1. The van der Waals surface area contributed by atoms with Crippen molar-refractivity contribution in [1.29, 1.82) is 0 Å². The molecule has 2 amide bonds. The number of fused-ring (bicyclic) bond motifs is 1. The number of furan rings is 1. The molecule has 31 heavy (non-hydrogen) atoms. The number of amides is 2. The van der Waals surface area contributed by atoms with Crippen molar-refractivity contribution in [3.05, 3.63) is 75.0 Å². The van der Waals surface area contributed by atoms with Gasteiger partial charge in [-0.25, -0.2) is 0 Å². The number of hydrogen-bond acceptors (Lipinski definition) is 6. The summed E-state index contributed by atoms with van der Waals surface area (Å²) in [5.74, 6) is -1.45. The molecule has 0 fully saturated rings. The van der Waals surface area contributed by atoms with Crippen LogP contribution >= 0.6 is 22.9 Å².